The first-order valence-corrected chi connectivity index (χ1v) is 12.7. The number of esters is 1. The highest BCUT2D eigenvalue weighted by atomic mass is 19.3. The van der Waals surface area contributed by atoms with Gasteiger partial charge in [0.05, 0.1) is 13.0 Å². The van der Waals surface area contributed by atoms with Gasteiger partial charge >= 0.3 is 12.6 Å². The molecule has 0 atom stereocenters. The number of nitrogens with zero attached hydrogens (tertiary/aromatic N) is 1. The summed E-state index contributed by atoms with van der Waals surface area (Å²) in [4.78, 5) is 39.2. The van der Waals surface area contributed by atoms with Gasteiger partial charge in [0.2, 0.25) is 5.91 Å². The lowest BCUT2D eigenvalue weighted by molar-refractivity contribution is -0.148. The van der Waals surface area contributed by atoms with Gasteiger partial charge in [-0.05, 0) is 86.4 Å². The summed E-state index contributed by atoms with van der Waals surface area (Å²) in [5.74, 6) is -0.0686. The van der Waals surface area contributed by atoms with Gasteiger partial charge in [0, 0.05) is 30.3 Å². The molecule has 1 N–H and O–H groups in total. The van der Waals surface area contributed by atoms with Crippen molar-refractivity contribution >= 4 is 23.5 Å². The molecule has 1 heterocycles. The highest BCUT2D eigenvalue weighted by Gasteiger charge is 2.34. The zero-order valence-corrected chi connectivity index (χ0v) is 20.8. The van der Waals surface area contributed by atoms with E-state index in [2.05, 4.69) is 10.1 Å². The molecule has 1 saturated heterocycles. The molecule has 2 aliphatic rings. The van der Waals surface area contributed by atoms with Gasteiger partial charge in [-0.15, -0.1) is 0 Å². The molecule has 2 fully saturated rings. The zero-order valence-electron chi connectivity index (χ0n) is 20.8. The highest BCUT2D eigenvalue weighted by molar-refractivity contribution is 6.04. The molecule has 2 aromatic rings. The summed E-state index contributed by atoms with van der Waals surface area (Å²) in [6.45, 7) is -1.49. The van der Waals surface area contributed by atoms with Crippen LogP contribution in [0.2, 0.25) is 0 Å². The Kier molecular flexibility index (Phi) is 8.74. The molecule has 0 radical (unpaired) electrons. The third-order valence-electron chi connectivity index (χ3n) is 7.40. The number of carbonyl (C=O) groups excluding carboxylic acids is 3. The second kappa shape index (κ2) is 12.2. The van der Waals surface area contributed by atoms with Crippen molar-refractivity contribution in [3.05, 3.63) is 59.7 Å². The number of hydrogen-bond acceptors (Lipinski definition) is 5. The molecule has 0 bridgehead atoms. The Morgan fingerprint density at radius 2 is 1.46 bits per heavy atom. The predicted octanol–water partition coefficient (Wildman–Crippen LogP) is 5.23. The average Bonchev–Trinajstić information content (AvgIpc) is 2.93. The van der Waals surface area contributed by atoms with Crippen LogP contribution in [0.1, 0.15) is 60.4 Å². The number of rotatable bonds is 7. The van der Waals surface area contributed by atoms with Crippen molar-refractivity contribution in [1.82, 2.24) is 4.90 Å². The molecule has 0 aromatic heterocycles. The highest BCUT2D eigenvalue weighted by Crippen LogP contribution is 2.34. The largest absolute Gasteiger partial charge is 0.469 e. The number of halogens is 2. The maximum absolute atomic E-state index is 13.0. The minimum absolute atomic E-state index is 0.00500. The standard InChI is InChI=1S/C28H32F2N2O5/c1-36-27(35)22-4-2-21(3-5-22)26(34)32-16-14-19(15-17-32)18-6-10-23(11-7-18)31-25(33)20-8-12-24(13-9-20)37-28(29)30/h6-13,19,21-22,28H,2-5,14-17H2,1H3,(H,31,33). The van der Waals surface area contributed by atoms with Crippen molar-refractivity contribution in [3.63, 3.8) is 0 Å². The van der Waals surface area contributed by atoms with Gasteiger partial charge in [-0.3, -0.25) is 14.4 Å². The topological polar surface area (TPSA) is 84.9 Å². The van der Waals surface area contributed by atoms with Crippen molar-refractivity contribution in [3.8, 4) is 5.75 Å². The second-order valence-electron chi connectivity index (χ2n) is 9.65. The summed E-state index contributed by atoms with van der Waals surface area (Å²) >= 11 is 0. The fraction of sp³-hybridized carbons (Fsp3) is 0.464. The summed E-state index contributed by atoms with van der Waals surface area (Å²) in [5, 5.41) is 2.81. The van der Waals surface area contributed by atoms with Crippen molar-refractivity contribution in [2.24, 2.45) is 11.8 Å². The minimum Gasteiger partial charge on any atom is -0.469 e. The number of nitrogens with one attached hydrogen (secondary N) is 1. The van der Waals surface area contributed by atoms with Crippen LogP contribution in [0.3, 0.4) is 0 Å². The number of ether oxygens (including phenoxy) is 2. The Balaban J connectivity index is 1.24. The quantitative estimate of drug-likeness (QED) is 0.512. The van der Waals surface area contributed by atoms with Crippen LogP contribution in [0.15, 0.2) is 48.5 Å². The van der Waals surface area contributed by atoms with Crippen LogP contribution in [0.25, 0.3) is 0 Å². The normalized spacial score (nSPS) is 20.4. The third-order valence-corrected chi connectivity index (χ3v) is 7.40. The smallest absolute Gasteiger partial charge is 0.387 e. The summed E-state index contributed by atoms with van der Waals surface area (Å²) < 4.78 is 33.7. The van der Waals surface area contributed by atoms with Crippen molar-refractivity contribution in [2.45, 2.75) is 51.1 Å². The van der Waals surface area contributed by atoms with Gasteiger partial charge in [-0.2, -0.15) is 8.78 Å². The van der Waals surface area contributed by atoms with Crippen LogP contribution in [0, 0.1) is 11.8 Å². The predicted molar refractivity (Wildman–Crippen MR) is 133 cm³/mol. The molecule has 37 heavy (non-hydrogen) atoms. The number of anilines is 1. The van der Waals surface area contributed by atoms with E-state index in [-0.39, 0.29) is 35.4 Å². The van der Waals surface area contributed by atoms with E-state index in [4.69, 9.17) is 4.74 Å². The van der Waals surface area contributed by atoms with Gasteiger partial charge in [0.25, 0.3) is 5.91 Å². The number of alkyl halides is 2. The van der Waals surface area contributed by atoms with E-state index >= 15 is 0 Å². The zero-order chi connectivity index (χ0) is 26.4. The lowest BCUT2D eigenvalue weighted by atomic mass is 9.80. The molecule has 2 aromatic carbocycles. The van der Waals surface area contributed by atoms with Gasteiger partial charge < -0.3 is 19.7 Å². The van der Waals surface area contributed by atoms with E-state index in [1.54, 1.807) is 0 Å². The molecule has 0 unspecified atom stereocenters. The minimum atomic E-state index is -2.91. The molecular weight excluding hydrogens is 482 g/mol. The third kappa shape index (κ3) is 6.84. The summed E-state index contributed by atoms with van der Waals surface area (Å²) in [6.07, 6.45) is 4.64. The Bertz CT molecular complexity index is 1070. The van der Waals surface area contributed by atoms with Crippen molar-refractivity contribution in [1.29, 1.82) is 0 Å². The Morgan fingerprint density at radius 1 is 0.865 bits per heavy atom. The van der Waals surface area contributed by atoms with Crippen LogP contribution in [-0.4, -0.2) is 49.5 Å². The molecule has 1 aliphatic heterocycles. The second-order valence-corrected chi connectivity index (χ2v) is 9.65. The maximum atomic E-state index is 13.0. The summed E-state index contributed by atoms with van der Waals surface area (Å²) in [7, 11) is 1.41. The number of methoxy groups -OCH3 is 1. The Morgan fingerprint density at radius 3 is 2.03 bits per heavy atom. The maximum Gasteiger partial charge on any atom is 0.387 e. The Hall–Kier alpha value is -3.49. The fourth-order valence-corrected chi connectivity index (χ4v) is 5.26. The molecule has 1 saturated carbocycles. The fourth-order valence-electron chi connectivity index (χ4n) is 5.26. The first kappa shape index (κ1) is 26.6. The molecule has 4 rings (SSSR count). The number of amides is 2. The van der Waals surface area contributed by atoms with Gasteiger partial charge in [-0.1, -0.05) is 12.1 Å². The van der Waals surface area contributed by atoms with E-state index in [0.717, 1.165) is 31.2 Å². The van der Waals surface area contributed by atoms with Crippen molar-refractivity contribution < 1.29 is 32.6 Å². The van der Waals surface area contributed by atoms with E-state index < -0.39 is 6.61 Å². The lowest BCUT2D eigenvalue weighted by Crippen LogP contribution is -2.42. The number of hydrogen-bond donors (Lipinski definition) is 1. The molecule has 7 nitrogen and oxygen atoms in total. The molecule has 198 valence electrons. The SMILES string of the molecule is COC(=O)C1CCC(C(=O)N2CCC(c3ccc(NC(=O)c4ccc(OC(F)F)cc4)cc3)CC2)CC1. The monoisotopic (exact) mass is 514 g/mol. The van der Waals surface area contributed by atoms with Crippen LogP contribution >= 0.6 is 0 Å². The number of carbonyl (C=O) groups is 3. The first-order chi connectivity index (χ1) is 17.8. The van der Waals surface area contributed by atoms with Crippen LogP contribution < -0.4 is 10.1 Å². The summed E-state index contributed by atoms with van der Waals surface area (Å²) in [6, 6.07) is 13.2. The van der Waals surface area contributed by atoms with E-state index in [1.807, 2.05) is 29.2 Å². The molecule has 1 aliphatic carbocycles. The lowest BCUT2D eigenvalue weighted by Gasteiger charge is -2.36. The number of benzene rings is 2. The summed E-state index contributed by atoms with van der Waals surface area (Å²) in [5.41, 5.74) is 2.13. The van der Waals surface area contributed by atoms with Gasteiger partial charge in [0.15, 0.2) is 0 Å². The van der Waals surface area contributed by atoms with Gasteiger partial charge in [-0.25, -0.2) is 0 Å². The van der Waals surface area contributed by atoms with E-state index in [0.29, 0.717) is 43.1 Å². The Labute approximate surface area is 215 Å². The molecule has 0 spiro atoms. The van der Waals surface area contributed by atoms with Crippen LogP contribution in [0.5, 0.6) is 5.75 Å². The van der Waals surface area contributed by atoms with Crippen LogP contribution in [-0.2, 0) is 14.3 Å². The van der Waals surface area contributed by atoms with E-state index in [9.17, 15) is 23.2 Å². The first-order valence-electron chi connectivity index (χ1n) is 12.7. The van der Waals surface area contributed by atoms with Gasteiger partial charge in [0.1, 0.15) is 5.75 Å². The molecule has 9 heteroatoms. The van der Waals surface area contributed by atoms with Crippen molar-refractivity contribution in [2.75, 3.05) is 25.5 Å². The van der Waals surface area contributed by atoms with Crippen LogP contribution in [0.4, 0.5) is 14.5 Å². The molecule has 2 amide bonds. The number of piperidine rings is 1. The average molecular weight is 515 g/mol. The van der Waals surface area contributed by atoms with E-state index in [1.165, 1.54) is 31.4 Å². The molecular formula is C28H32F2N2O5. The number of likely N-dealkylation sites (tertiary alicyclic amines) is 1.